The van der Waals surface area contributed by atoms with Crippen molar-refractivity contribution in [2.45, 2.75) is 6.42 Å². The molecule has 140 valence electrons. The number of nitrogens with zero attached hydrogens (tertiary/aromatic N) is 2. The number of halogens is 1. The molecule has 2 aromatic rings. The third-order valence-electron chi connectivity index (χ3n) is 4.79. The molecule has 0 aromatic heterocycles. The number of benzene rings is 2. The van der Waals surface area contributed by atoms with Crippen molar-refractivity contribution in [3.63, 3.8) is 0 Å². The summed E-state index contributed by atoms with van der Waals surface area (Å²) in [6.07, 6.45) is 0.743. The molecule has 27 heavy (non-hydrogen) atoms. The van der Waals surface area contributed by atoms with E-state index in [9.17, 15) is 9.59 Å². The number of fused-ring (bicyclic) bond motifs is 1. The molecule has 0 bridgehead atoms. The van der Waals surface area contributed by atoms with Crippen molar-refractivity contribution in [1.29, 1.82) is 0 Å². The molecule has 0 saturated carbocycles. The van der Waals surface area contributed by atoms with Crippen LogP contribution in [0.2, 0.25) is 0 Å². The van der Waals surface area contributed by atoms with Gasteiger partial charge in [0.2, 0.25) is 6.79 Å². The summed E-state index contributed by atoms with van der Waals surface area (Å²) in [5.74, 6) is 1.19. The van der Waals surface area contributed by atoms with Gasteiger partial charge in [0.15, 0.2) is 11.5 Å². The predicted octanol–water partition coefficient (Wildman–Crippen LogP) is 3.17. The fraction of sp³-hybridized carbons (Fsp3) is 0.300. The van der Waals surface area contributed by atoms with Crippen LogP contribution < -0.4 is 9.47 Å². The van der Waals surface area contributed by atoms with Crippen LogP contribution in [0.3, 0.4) is 0 Å². The highest BCUT2D eigenvalue weighted by molar-refractivity contribution is 9.10. The van der Waals surface area contributed by atoms with E-state index in [1.165, 1.54) is 0 Å². The molecule has 6 nitrogen and oxygen atoms in total. The summed E-state index contributed by atoms with van der Waals surface area (Å²) in [4.78, 5) is 29.3. The van der Waals surface area contributed by atoms with E-state index in [0.717, 1.165) is 10.9 Å². The largest absolute Gasteiger partial charge is 0.454 e. The summed E-state index contributed by atoms with van der Waals surface area (Å²) < 4.78 is 11.4. The maximum Gasteiger partial charge on any atom is 0.255 e. The molecule has 7 heteroatoms. The van der Waals surface area contributed by atoms with Gasteiger partial charge < -0.3 is 19.3 Å². The van der Waals surface area contributed by atoms with E-state index in [2.05, 4.69) is 15.9 Å². The van der Waals surface area contributed by atoms with Gasteiger partial charge in [-0.05, 0) is 52.7 Å². The summed E-state index contributed by atoms with van der Waals surface area (Å²) in [5, 5.41) is 0. The first-order valence-electron chi connectivity index (χ1n) is 8.86. The lowest BCUT2D eigenvalue weighted by molar-refractivity contribution is 0.0718. The fourth-order valence-electron chi connectivity index (χ4n) is 3.34. The van der Waals surface area contributed by atoms with Crippen LogP contribution in [-0.4, -0.2) is 54.6 Å². The minimum Gasteiger partial charge on any atom is -0.454 e. The van der Waals surface area contributed by atoms with Gasteiger partial charge in [0, 0.05) is 36.2 Å². The summed E-state index contributed by atoms with van der Waals surface area (Å²) in [5.41, 5.74) is 1.22. The topological polar surface area (TPSA) is 59.1 Å². The minimum atomic E-state index is -0.0523. The number of ether oxygens (including phenoxy) is 2. The summed E-state index contributed by atoms with van der Waals surface area (Å²) in [7, 11) is 0. The molecule has 0 spiro atoms. The van der Waals surface area contributed by atoms with Gasteiger partial charge in [0.25, 0.3) is 11.8 Å². The first-order chi connectivity index (χ1) is 13.1. The number of carbonyl (C=O) groups excluding carboxylic acids is 2. The van der Waals surface area contributed by atoms with Crippen molar-refractivity contribution in [2.75, 3.05) is 33.0 Å². The Morgan fingerprint density at radius 2 is 1.56 bits per heavy atom. The van der Waals surface area contributed by atoms with Gasteiger partial charge in [-0.1, -0.05) is 12.1 Å². The van der Waals surface area contributed by atoms with Crippen molar-refractivity contribution in [3.8, 4) is 11.5 Å². The van der Waals surface area contributed by atoms with Crippen LogP contribution in [0, 0.1) is 0 Å². The Bertz CT molecular complexity index is 886. The Hall–Kier alpha value is -2.54. The Balaban J connectivity index is 1.45. The highest BCUT2D eigenvalue weighted by Crippen LogP contribution is 2.33. The highest BCUT2D eigenvalue weighted by Gasteiger charge is 2.25. The van der Waals surface area contributed by atoms with Gasteiger partial charge in [-0.25, -0.2) is 0 Å². The lowest BCUT2D eigenvalue weighted by atomic mass is 10.1. The molecule has 0 unspecified atom stereocenters. The van der Waals surface area contributed by atoms with Gasteiger partial charge in [-0.3, -0.25) is 9.59 Å². The van der Waals surface area contributed by atoms with E-state index < -0.39 is 0 Å². The van der Waals surface area contributed by atoms with Gasteiger partial charge in [-0.2, -0.15) is 0 Å². The molecule has 2 aliphatic rings. The van der Waals surface area contributed by atoms with Crippen molar-refractivity contribution in [3.05, 3.63) is 58.1 Å². The number of amides is 2. The summed E-state index contributed by atoms with van der Waals surface area (Å²) in [6, 6.07) is 12.6. The molecule has 1 fully saturated rings. The van der Waals surface area contributed by atoms with Crippen molar-refractivity contribution in [1.82, 2.24) is 9.80 Å². The molecule has 4 rings (SSSR count). The summed E-state index contributed by atoms with van der Waals surface area (Å²) in [6.45, 7) is 2.45. The maximum atomic E-state index is 12.9. The van der Waals surface area contributed by atoms with Crippen LogP contribution in [0.4, 0.5) is 0 Å². The average molecular weight is 431 g/mol. The summed E-state index contributed by atoms with van der Waals surface area (Å²) >= 11 is 3.44. The molecule has 0 aliphatic carbocycles. The first kappa shape index (κ1) is 17.9. The first-order valence-corrected chi connectivity index (χ1v) is 9.65. The molecule has 2 heterocycles. The highest BCUT2D eigenvalue weighted by atomic mass is 79.9. The zero-order valence-electron chi connectivity index (χ0n) is 14.7. The van der Waals surface area contributed by atoms with E-state index >= 15 is 0 Å². The van der Waals surface area contributed by atoms with Crippen LogP contribution in [0.15, 0.2) is 46.9 Å². The Morgan fingerprint density at radius 1 is 0.852 bits per heavy atom. The van der Waals surface area contributed by atoms with E-state index in [1.54, 1.807) is 23.1 Å². The van der Waals surface area contributed by atoms with E-state index in [4.69, 9.17) is 9.47 Å². The van der Waals surface area contributed by atoms with Crippen LogP contribution >= 0.6 is 15.9 Å². The molecule has 0 radical (unpaired) electrons. The molecule has 0 N–H and O–H groups in total. The third-order valence-corrected chi connectivity index (χ3v) is 5.49. The normalized spacial score (nSPS) is 16.2. The number of carbonyl (C=O) groups is 2. The molecule has 2 amide bonds. The van der Waals surface area contributed by atoms with Crippen LogP contribution in [-0.2, 0) is 0 Å². The SMILES string of the molecule is O=C(c1ccc2c(c1)OCO2)N1CCCN(C(=O)c2ccccc2Br)CC1. The second-order valence-electron chi connectivity index (χ2n) is 6.49. The third kappa shape index (κ3) is 3.64. The molecule has 1 saturated heterocycles. The van der Waals surface area contributed by atoms with Gasteiger partial charge in [-0.15, -0.1) is 0 Å². The number of rotatable bonds is 2. The molecule has 0 atom stereocenters. The Morgan fingerprint density at radius 3 is 2.33 bits per heavy atom. The van der Waals surface area contributed by atoms with E-state index in [1.807, 2.05) is 29.2 Å². The molecular formula is C20H19BrN2O4. The van der Waals surface area contributed by atoms with Crippen molar-refractivity contribution >= 4 is 27.7 Å². The molecule has 2 aliphatic heterocycles. The van der Waals surface area contributed by atoms with Crippen LogP contribution in [0.5, 0.6) is 11.5 Å². The lowest BCUT2D eigenvalue weighted by Crippen LogP contribution is -2.37. The van der Waals surface area contributed by atoms with Gasteiger partial charge in [0.1, 0.15) is 0 Å². The monoisotopic (exact) mass is 430 g/mol. The second-order valence-corrected chi connectivity index (χ2v) is 7.34. The lowest BCUT2D eigenvalue weighted by Gasteiger charge is -2.22. The standard InChI is InChI=1S/C20H19BrN2O4/c21-16-5-2-1-4-15(16)20(25)23-9-3-8-22(10-11-23)19(24)14-6-7-17-18(12-14)27-13-26-17/h1-2,4-7,12H,3,8-11,13H2. The Labute approximate surface area is 165 Å². The van der Waals surface area contributed by atoms with E-state index in [-0.39, 0.29) is 18.6 Å². The smallest absolute Gasteiger partial charge is 0.255 e. The number of hydrogen-bond donors (Lipinski definition) is 0. The second kappa shape index (κ2) is 7.60. The van der Waals surface area contributed by atoms with Crippen LogP contribution in [0.1, 0.15) is 27.1 Å². The molecule has 2 aromatic carbocycles. The quantitative estimate of drug-likeness (QED) is 0.733. The zero-order valence-corrected chi connectivity index (χ0v) is 16.3. The van der Waals surface area contributed by atoms with Crippen molar-refractivity contribution in [2.24, 2.45) is 0 Å². The van der Waals surface area contributed by atoms with Gasteiger partial charge >= 0.3 is 0 Å². The number of hydrogen-bond acceptors (Lipinski definition) is 4. The molecular weight excluding hydrogens is 412 g/mol. The average Bonchev–Trinajstić information content (AvgIpc) is 3.02. The van der Waals surface area contributed by atoms with Crippen molar-refractivity contribution < 1.29 is 19.1 Å². The zero-order chi connectivity index (χ0) is 18.8. The minimum absolute atomic E-state index is 0.0140. The maximum absolute atomic E-state index is 12.9. The predicted molar refractivity (Wildman–Crippen MR) is 103 cm³/mol. The fourth-order valence-corrected chi connectivity index (χ4v) is 3.80. The van der Waals surface area contributed by atoms with Gasteiger partial charge in [0.05, 0.1) is 5.56 Å². The van der Waals surface area contributed by atoms with E-state index in [0.29, 0.717) is 48.8 Å². The van der Waals surface area contributed by atoms with Crippen LogP contribution in [0.25, 0.3) is 0 Å². The Kier molecular flexibility index (Phi) is 5.03.